The molecular weight excluding hydrogens is 414 g/mol. The van der Waals surface area contributed by atoms with Gasteiger partial charge in [-0.1, -0.05) is 95.4 Å². The van der Waals surface area contributed by atoms with E-state index in [4.69, 9.17) is 0 Å². The Hall–Kier alpha value is -0.640. The fourth-order valence-electron chi connectivity index (χ4n) is 4.56. The van der Waals surface area contributed by atoms with Crippen molar-refractivity contribution in [1.29, 1.82) is 0 Å². The van der Waals surface area contributed by atoms with E-state index in [0.717, 1.165) is 19.4 Å². The van der Waals surface area contributed by atoms with Crippen LogP contribution in [0, 0.1) is 0 Å². The highest BCUT2D eigenvalue weighted by Crippen LogP contribution is 2.17. The maximum absolute atomic E-state index is 4.32. The summed E-state index contributed by atoms with van der Waals surface area (Å²) >= 11 is 0. The van der Waals surface area contributed by atoms with E-state index < -0.39 is 0 Å². The Kier molecular flexibility index (Phi) is 25.0. The molecule has 3 heteroatoms. The average molecular weight is 478 g/mol. The predicted octanol–water partition coefficient (Wildman–Crippen LogP) is 8.22. The van der Waals surface area contributed by atoms with E-state index in [1.807, 2.05) is 7.05 Å². The lowest BCUT2D eigenvalue weighted by Gasteiger charge is -2.23. The van der Waals surface area contributed by atoms with Crippen molar-refractivity contribution in [1.82, 2.24) is 15.1 Å². The van der Waals surface area contributed by atoms with Gasteiger partial charge in [-0.3, -0.25) is 0 Å². The summed E-state index contributed by atoms with van der Waals surface area (Å²) in [5.74, 6) is 0. The minimum atomic E-state index is 1.05. The number of unbranched alkanes of at least 4 members (excludes halogenated alkanes) is 11. The van der Waals surface area contributed by atoms with Crippen molar-refractivity contribution in [2.45, 2.75) is 122 Å². The first kappa shape index (κ1) is 33.4. The van der Waals surface area contributed by atoms with Gasteiger partial charge < -0.3 is 15.1 Å². The van der Waals surface area contributed by atoms with Crippen LogP contribution in [-0.4, -0.2) is 63.7 Å². The van der Waals surface area contributed by atoms with Gasteiger partial charge in [0.1, 0.15) is 0 Å². The lowest BCUT2D eigenvalue weighted by atomic mass is 10.0. The second-order valence-corrected chi connectivity index (χ2v) is 10.8. The number of hydrogen-bond donors (Lipinski definition) is 1. The lowest BCUT2D eigenvalue weighted by Crippen LogP contribution is -2.29. The van der Waals surface area contributed by atoms with Gasteiger partial charge in [0.15, 0.2) is 0 Å². The van der Waals surface area contributed by atoms with Crippen molar-refractivity contribution in [3.05, 3.63) is 24.3 Å². The molecule has 0 aliphatic carbocycles. The molecule has 1 N–H and O–H groups in total. The van der Waals surface area contributed by atoms with Gasteiger partial charge in [-0.15, -0.1) is 0 Å². The molecule has 0 bridgehead atoms. The molecule has 0 saturated carbocycles. The van der Waals surface area contributed by atoms with Gasteiger partial charge in [0.2, 0.25) is 0 Å². The highest BCUT2D eigenvalue weighted by atomic mass is 15.1. The smallest absolute Gasteiger partial charge is 0.00185 e. The number of nitrogens with one attached hydrogen (secondary N) is 1. The van der Waals surface area contributed by atoms with Crippen molar-refractivity contribution in [2.75, 3.05) is 53.9 Å². The second kappa shape index (κ2) is 25.5. The number of rotatable bonds is 27. The highest BCUT2D eigenvalue weighted by Gasteiger charge is 2.06. The first-order valence-corrected chi connectivity index (χ1v) is 14.8. The lowest BCUT2D eigenvalue weighted by molar-refractivity contribution is 0.251. The molecule has 3 nitrogen and oxygen atoms in total. The van der Waals surface area contributed by atoms with E-state index in [9.17, 15) is 0 Å². The first-order chi connectivity index (χ1) is 16.5. The Labute approximate surface area is 215 Å². The highest BCUT2D eigenvalue weighted by molar-refractivity contribution is 4.95. The van der Waals surface area contributed by atoms with Crippen molar-refractivity contribution in [3.8, 4) is 0 Å². The van der Waals surface area contributed by atoms with E-state index in [1.165, 1.54) is 140 Å². The molecule has 0 fully saturated rings. The third-order valence-corrected chi connectivity index (χ3v) is 6.98. The van der Waals surface area contributed by atoms with Gasteiger partial charge in [0.05, 0.1) is 0 Å². The maximum atomic E-state index is 4.32. The quantitative estimate of drug-likeness (QED) is 0.0949. The van der Waals surface area contributed by atoms with E-state index in [-0.39, 0.29) is 0 Å². The molecule has 0 spiro atoms. The molecule has 0 unspecified atom stereocenters. The standard InChI is InChI=1S/C31H63N3/c1-7-8-9-10-14-17-21-30(2)22-18-15-12-11-13-16-19-27-34(28-20-26-33(5)6)29-24-31(3)23-25-32-4/h32H,2-3,7-29H2,1,4-6H3. The molecule has 0 aliphatic rings. The molecule has 0 amide bonds. The fraction of sp³-hybridized carbons (Fsp3) is 0.871. The third kappa shape index (κ3) is 24.5. The molecule has 34 heavy (non-hydrogen) atoms. The van der Waals surface area contributed by atoms with Crippen LogP contribution in [0.4, 0.5) is 0 Å². The molecule has 0 saturated heterocycles. The van der Waals surface area contributed by atoms with E-state index >= 15 is 0 Å². The van der Waals surface area contributed by atoms with Crippen LogP contribution in [0.2, 0.25) is 0 Å². The third-order valence-electron chi connectivity index (χ3n) is 6.98. The normalized spacial score (nSPS) is 11.6. The van der Waals surface area contributed by atoms with Gasteiger partial charge in [-0.05, 0) is 98.7 Å². The molecular formula is C31H63N3. The largest absolute Gasteiger partial charge is 0.319 e. The molecule has 0 heterocycles. The van der Waals surface area contributed by atoms with Crippen molar-refractivity contribution >= 4 is 0 Å². The summed E-state index contributed by atoms with van der Waals surface area (Å²) in [6.45, 7) is 16.8. The Balaban J connectivity index is 3.75. The minimum Gasteiger partial charge on any atom is -0.319 e. The van der Waals surface area contributed by atoms with Gasteiger partial charge >= 0.3 is 0 Å². The maximum Gasteiger partial charge on any atom is 0.00185 e. The molecule has 0 radical (unpaired) electrons. The molecule has 0 atom stereocenters. The van der Waals surface area contributed by atoms with Gasteiger partial charge in [-0.2, -0.15) is 0 Å². The summed E-state index contributed by atoms with van der Waals surface area (Å²) in [6.07, 6.45) is 24.1. The van der Waals surface area contributed by atoms with Crippen LogP contribution in [0.5, 0.6) is 0 Å². The Morgan fingerprint density at radius 2 is 1.06 bits per heavy atom. The van der Waals surface area contributed by atoms with Crippen LogP contribution in [0.3, 0.4) is 0 Å². The zero-order chi connectivity index (χ0) is 25.3. The monoisotopic (exact) mass is 478 g/mol. The number of hydrogen-bond acceptors (Lipinski definition) is 3. The van der Waals surface area contributed by atoms with E-state index in [0.29, 0.717) is 0 Å². The van der Waals surface area contributed by atoms with Gasteiger partial charge in [-0.25, -0.2) is 0 Å². The van der Waals surface area contributed by atoms with Crippen LogP contribution in [0.25, 0.3) is 0 Å². The number of allylic oxidation sites excluding steroid dienone is 1. The van der Waals surface area contributed by atoms with E-state index in [1.54, 1.807) is 0 Å². The molecule has 0 aromatic rings. The van der Waals surface area contributed by atoms with Gasteiger partial charge in [0, 0.05) is 6.54 Å². The van der Waals surface area contributed by atoms with Crippen LogP contribution in [0.15, 0.2) is 24.3 Å². The minimum absolute atomic E-state index is 1.05. The molecule has 202 valence electrons. The Morgan fingerprint density at radius 1 is 0.559 bits per heavy atom. The summed E-state index contributed by atoms with van der Waals surface area (Å²) in [7, 11) is 6.37. The van der Waals surface area contributed by atoms with Crippen molar-refractivity contribution in [3.63, 3.8) is 0 Å². The van der Waals surface area contributed by atoms with Crippen LogP contribution in [-0.2, 0) is 0 Å². The zero-order valence-corrected chi connectivity index (χ0v) is 24.1. The average Bonchev–Trinajstić information content (AvgIpc) is 2.81. The number of nitrogens with zero attached hydrogens (tertiary/aromatic N) is 2. The second-order valence-electron chi connectivity index (χ2n) is 10.8. The Morgan fingerprint density at radius 3 is 1.62 bits per heavy atom. The summed E-state index contributed by atoms with van der Waals surface area (Å²) in [5.41, 5.74) is 2.89. The summed E-state index contributed by atoms with van der Waals surface area (Å²) in [6, 6.07) is 0. The molecule has 0 aliphatic heterocycles. The van der Waals surface area contributed by atoms with Crippen molar-refractivity contribution in [2.24, 2.45) is 0 Å². The van der Waals surface area contributed by atoms with Crippen molar-refractivity contribution < 1.29 is 0 Å². The Bertz CT molecular complexity index is 458. The molecule has 0 rings (SSSR count). The topological polar surface area (TPSA) is 18.5 Å². The van der Waals surface area contributed by atoms with Crippen LogP contribution in [0.1, 0.15) is 122 Å². The summed E-state index contributed by atoms with van der Waals surface area (Å²) in [4.78, 5) is 4.98. The first-order valence-electron chi connectivity index (χ1n) is 14.8. The molecule has 0 aromatic heterocycles. The fourth-order valence-corrected chi connectivity index (χ4v) is 4.56. The van der Waals surface area contributed by atoms with Crippen LogP contribution < -0.4 is 5.32 Å². The van der Waals surface area contributed by atoms with E-state index in [2.05, 4.69) is 49.3 Å². The van der Waals surface area contributed by atoms with Crippen LogP contribution >= 0.6 is 0 Å². The summed E-state index contributed by atoms with van der Waals surface area (Å²) < 4.78 is 0. The van der Waals surface area contributed by atoms with Gasteiger partial charge in [0.25, 0.3) is 0 Å². The zero-order valence-electron chi connectivity index (χ0n) is 24.1. The SMILES string of the molecule is C=C(CCCCCCCC)CCCCCCCCCN(CCCN(C)C)CCC(=C)CCNC. The summed E-state index contributed by atoms with van der Waals surface area (Å²) in [5, 5.41) is 3.24. The molecule has 0 aromatic carbocycles. The predicted molar refractivity (Wildman–Crippen MR) is 156 cm³/mol.